The fourth-order valence-corrected chi connectivity index (χ4v) is 0.994. The van der Waals surface area contributed by atoms with Gasteiger partial charge < -0.3 is 14.8 Å². The number of hydrogen-bond donors (Lipinski definition) is 1. The molecule has 1 N–H and O–H groups in total. The largest absolute Gasteiger partial charge is 0.388 e. The highest BCUT2D eigenvalue weighted by molar-refractivity contribution is 6.31. The van der Waals surface area contributed by atoms with Crippen molar-refractivity contribution in [1.29, 1.82) is 0 Å². The van der Waals surface area contributed by atoms with Crippen molar-refractivity contribution in [2.75, 3.05) is 34.0 Å². The van der Waals surface area contributed by atoms with Crippen LogP contribution in [0.3, 0.4) is 0 Å². The van der Waals surface area contributed by atoms with Gasteiger partial charge in [0.05, 0.1) is 30.9 Å². The summed E-state index contributed by atoms with van der Waals surface area (Å²) in [6, 6.07) is 0. The quantitative estimate of drug-likeness (QED) is 0.302. The van der Waals surface area contributed by atoms with Crippen molar-refractivity contribution in [3.8, 4) is 0 Å². The number of allylic oxidation sites excluding steroid dienone is 1. The summed E-state index contributed by atoms with van der Waals surface area (Å²) in [6.07, 6.45) is 2.65. The molecule has 0 rings (SSSR count). The lowest BCUT2D eigenvalue weighted by Gasteiger charge is -2.00. The third-order valence-electron chi connectivity index (χ3n) is 1.53. The Bertz CT molecular complexity index is 279. The van der Waals surface area contributed by atoms with E-state index in [1.54, 1.807) is 14.2 Å². The van der Waals surface area contributed by atoms with Gasteiger partial charge in [-0.15, -0.1) is 0 Å². The van der Waals surface area contributed by atoms with Gasteiger partial charge in [0.1, 0.15) is 5.03 Å². The molecule has 92 valence electrons. The number of nitrogens with one attached hydrogen (secondary N) is 1. The van der Waals surface area contributed by atoms with Gasteiger partial charge in [-0.1, -0.05) is 11.6 Å². The van der Waals surface area contributed by atoms with E-state index in [0.29, 0.717) is 13.2 Å². The van der Waals surface area contributed by atoms with Crippen molar-refractivity contribution in [2.24, 2.45) is 0 Å². The molecule has 0 fully saturated rings. The number of hydrogen-bond acceptors (Lipinski definition) is 5. The SMILES string of the molecule is CN/C=C(\C(Cl)=C/COCCOC)[N+](=O)[O-]. The Kier molecular flexibility index (Phi) is 8.51. The minimum absolute atomic E-state index is 0.0387. The topological polar surface area (TPSA) is 73.6 Å². The standard InChI is InChI=1S/C9H15ClN2O4/c1-11-7-9(12(13)14)8(10)3-4-16-6-5-15-2/h3,7,11H,4-6H2,1-2H3/b8-3+,9-7+. The second kappa shape index (κ2) is 9.14. The summed E-state index contributed by atoms with van der Waals surface area (Å²) in [5.74, 6) is 0. The van der Waals surface area contributed by atoms with Gasteiger partial charge in [0.2, 0.25) is 0 Å². The molecule has 16 heavy (non-hydrogen) atoms. The number of nitrogens with zero attached hydrogens (tertiary/aromatic N) is 1. The van der Waals surface area contributed by atoms with E-state index in [9.17, 15) is 10.1 Å². The molecule has 0 saturated heterocycles. The maximum absolute atomic E-state index is 10.6. The average Bonchev–Trinajstić information content (AvgIpc) is 2.24. The van der Waals surface area contributed by atoms with E-state index in [0.717, 1.165) is 0 Å². The van der Waals surface area contributed by atoms with Crippen LogP contribution in [-0.4, -0.2) is 38.9 Å². The zero-order chi connectivity index (χ0) is 12.4. The fourth-order valence-electron chi connectivity index (χ4n) is 0.808. The molecular formula is C9H15ClN2O4. The molecule has 0 aliphatic rings. The van der Waals surface area contributed by atoms with Crippen molar-refractivity contribution in [1.82, 2.24) is 5.32 Å². The second-order valence-corrected chi connectivity index (χ2v) is 3.10. The first kappa shape index (κ1) is 14.9. The Labute approximate surface area is 99.0 Å². The first-order chi connectivity index (χ1) is 7.63. The van der Waals surface area contributed by atoms with Crippen LogP contribution in [0, 0.1) is 10.1 Å². The molecule has 0 amide bonds. The highest BCUT2D eigenvalue weighted by atomic mass is 35.5. The summed E-state index contributed by atoms with van der Waals surface area (Å²) >= 11 is 5.73. The summed E-state index contributed by atoms with van der Waals surface area (Å²) in [5.41, 5.74) is -0.195. The molecule has 0 aromatic rings. The van der Waals surface area contributed by atoms with Crippen molar-refractivity contribution >= 4 is 11.6 Å². The van der Waals surface area contributed by atoms with E-state index in [4.69, 9.17) is 21.1 Å². The molecule has 0 spiro atoms. The summed E-state index contributed by atoms with van der Waals surface area (Å²) in [7, 11) is 3.12. The van der Waals surface area contributed by atoms with E-state index < -0.39 is 4.92 Å². The summed E-state index contributed by atoms with van der Waals surface area (Å²) in [4.78, 5) is 10.0. The molecule has 0 bridgehead atoms. The Morgan fingerprint density at radius 2 is 2.25 bits per heavy atom. The lowest BCUT2D eigenvalue weighted by atomic mass is 10.4. The normalized spacial score (nSPS) is 12.7. The summed E-state index contributed by atoms with van der Waals surface area (Å²) in [6.45, 7) is 1.09. The molecule has 0 radical (unpaired) electrons. The second-order valence-electron chi connectivity index (χ2n) is 2.70. The van der Waals surface area contributed by atoms with Crippen LogP contribution in [-0.2, 0) is 9.47 Å². The van der Waals surface area contributed by atoms with Crippen molar-refractivity contribution in [2.45, 2.75) is 0 Å². The molecule has 0 aliphatic heterocycles. The predicted molar refractivity (Wildman–Crippen MR) is 60.8 cm³/mol. The minimum Gasteiger partial charge on any atom is -0.388 e. The third kappa shape index (κ3) is 6.39. The lowest BCUT2D eigenvalue weighted by molar-refractivity contribution is -0.420. The van der Waals surface area contributed by atoms with Crippen LogP contribution >= 0.6 is 11.6 Å². The molecule has 6 nitrogen and oxygen atoms in total. The van der Waals surface area contributed by atoms with Gasteiger partial charge in [-0.3, -0.25) is 10.1 Å². The third-order valence-corrected chi connectivity index (χ3v) is 1.88. The minimum atomic E-state index is -0.565. The highest BCUT2D eigenvalue weighted by Crippen LogP contribution is 2.14. The molecule has 7 heteroatoms. The van der Waals surface area contributed by atoms with Crippen molar-refractivity contribution in [3.05, 3.63) is 33.1 Å². The van der Waals surface area contributed by atoms with Crippen LogP contribution in [0.25, 0.3) is 0 Å². The van der Waals surface area contributed by atoms with Crippen LogP contribution in [0.1, 0.15) is 0 Å². The Morgan fingerprint density at radius 1 is 1.56 bits per heavy atom. The van der Waals surface area contributed by atoms with Gasteiger partial charge in [-0.05, 0) is 6.08 Å². The number of methoxy groups -OCH3 is 1. The van der Waals surface area contributed by atoms with E-state index in [-0.39, 0.29) is 17.3 Å². The maximum Gasteiger partial charge on any atom is 0.303 e. The Hall–Kier alpha value is -1.11. The average molecular weight is 251 g/mol. The number of ether oxygens (including phenoxy) is 2. The monoisotopic (exact) mass is 250 g/mol. The van der Waals surface area contributed by atoms with Crippen LogP contribution < -0.4 is 5.32 Å². The zero-order valence-corrected chi connectivity index (χ0v) is 9.99. The van der Waals surface area contributed by atoms with E-state index in [1.807, 2.05) is 0 Å². The lowest BCUT2D eigenvalue weighted by Crippen LogP contribution is -2.06. The fraction of sp³-hybridized carbons (Fsp3) is 0.556. The Balaban J connectivity index is 4.18. The van der Waals surface area contributed by atoms with Gasteiger partial charge in [0, 0.05) is 14.2 Å². The van der Waals surface area contributed by atoms with Crippen molar-refractivity contribution in [3.63, 3.8) is 0 Å². The molecule has 0 saturated carbocycles. The van der Waals surface area contributed by atoms with Crippen LogP contribution in [0.4, 0.5) is 0 Å². The molecule has 0 atom stereocenters. The molecule has 0 unspecified atom stereocenters. The van der Waals surface area contributed by atoms with Crippen LogP contribution in [0.2, 0.25) is 0 Å². The smallest absolute Gasteiger partial charge is 0.303 e. The molecule has 0 aliphatic carbocycles. The van der Waals surface area contributed by atoms with Gasteiger partial charge in [0.25, 0.3) is 0 Å². The van der Waals surface area contributed by atoms with E-state index in [2.05, 4.69) is 5.32 Å². The summed E-state index contributed by atoms with van der Waals surface area (Å²) < 4.78 is 9.86. The van der Waals surface area contributed by atoms with Gasteiger partial charge in [0.15, 0.2) is 0 Å². The van der Waals surface area contributed by atoms with Crippen LogP contribution in [0.15, 0.2) is 23.0 Å². The molecule has 0 aromatic heterocycles. The number of halogens is 1. The summed E-state index contributed by atoms with van der Waals surface area (Å²) in [5, 5.41) is 13.2. The molecule has 0 aromatic carbocycles. The van der Waals surface area contributed by atoms with Gasteiger partial charge in [-0.25, -0.2) is 0 Å². The maximum atomic E-state index is 10.6. The van der Waals surface area contributed by atoms with Gasteiger partial charge >= 0.3 is 5.70 Å². The van der Waals surface area contributed by atoms with Gasteiger partial charge in [-0.2, -0.15) is 0 Å². The number of rotatable bonds is 8. The highest BCUT2D eigenvalue weighted by Gasteiger charge is 2.14. The number of nitro groups is 1. The first-order valence-electron chi connectivity index (χ1n) is 4.58. The predicted octanol–water partition coefficient (Wildman–Crippen LogP) is 1.11. The Morgan fingerprint density at radius 3 is 2.75 bits per heavy atom. The first-order valence-corrected chi connectivity index (χ1v) is 4.95. The molecule has 0 heterocycles. The van der Waals surface area contributed by atoms with Crippen LogP contribution in [0.5, 0.6) is 0 Å². The van der Waals surface area contributed by atoms with E-state index in [1.165, 1.54) is 12.3 Å². The van der Waals surface area contributed by atoms with E-state index >= 15 is 0 Å². The zero-order valence-electron chi connectivity index (χ0n) is 9.23. The van der Waals surface area contributed by atoms with Crippen molar-refractivity contribution < 1.29 is 14.4 Å². The molecular weight excluding hydrogens is 236 g/mol.